The van der Waals surface area contributed by atoms with Crippen LogP contribution in [-0.2, 0) is 0 Å². The first kappa shape index (κ1) is 27.6. The Balaban J connectivity index is 1.30. The summed E-state index contributed by atoms with van der Waals surface area (Å²) in [5.74, 6) is 4.07. The van der Waals surface area contributed by atoms with Gasteiger partial charge in [0.05, 0.1) is 22.1 Å². The zero-order valence-electron chi connectivity index (χ0n) is 26.1. The summed E-state index contributed by atoms with van der Waals surface area (Å²) in [5, 5.41) is 4.28. The molecular weight excluding hydrogens is 623 g/mol. The lowest BCUT2D eigenvalue weighted by molar-refractivity contribution is 0.362. The first-order valence-corrected chi connectivity index (χ1v) is 18.2. The third-order valence-corrected chi connectivity index (χ3v) is 14.1. The molecule has 0 atom stereocenters. The van der Waals surface area contributed by atoms with Crippen LogP contribution in [0.25, 0.3) is 33.8 Å². The molecule has 8 heteroatoms. The van der Waals surface area contributed by atoms with E-state index in [9.17, 15) is 0 Å². The molecule has 7 nitrogen and oxygen atoms in total. The van der Waals surface area contributed by atoms with E-state index in [0.29, 0.717) is 28.9 Å². The van der Waals surface area contributed by atoms with E-state index in [4.69, 9.17) is 24.4 Å². The number of hydrogen-bond donors (Lipinski definition) is 0. The highest BCUT2D eigenvalue weighted by molar-refractivity contribution is 7.19. The van der Waals surface area contributed by atoms with Crippen molar-refractivity contribution in [2.75, 3.05) is 0 Å². The Labute approximate surface area is 282 Å². The van der Waals surface area contributed by atoms with Crippen LogP contribution in [0.4, 0.5) is 0 Å². The Kier molecular flexibility index (Phi) is 6.06. The third-order valence-electron chi connectivity index (χ3n) is 9.41. The monoisotopic (exact) mass is 649 g/mol. The van der Waals surface area contributed by atoms with Crippen LogP contribution in [0.5, 0.6) is 23.0 Å². The van der Waals surface area contributed by atoms with E-state index in [-0.39, 0.29) is 0 Å². The minimum Gasteiger partial charge on any atom is -0.450 e. The van der Waals surface area contributed by atoms with Crippen molar-refractivity contribution >= 4 is 56.8 Å². The Bertz CT molecular complexity index is 2650. The Morgan fingerprint density at radius 3 is 1.86 bits per heavy atom. The molecule has 0 unspecified atom stereocenters. The van der Waals surface area contributed by atoms with Crippen molar-refractivity contribution in [1.29, 1.82) is 0 Å². The number of hydrogen-bond acceptors (Lipinski definition) is 5. The molecule has 232 valence electrons. The highest BCUT2D eigenvalue weighted by atomic mass is 28.3. The van der Waals surface area contributed by atoms with E-state index in [2.05, 4.69) is 112 Å². The quantitative estimate of drug-likeness (QED) is 0.157. The normalized spacial score (nSPS) is 12.4. The van der Waals surface area contributed by atoms with Gasteiger partial charge in [-0.3, -0.25) is 4.40 Å². The summed E-state index contributed by atoms with van der Waals surface area (Å²) in [7, 11) is -3.21. The Morgan fingerprint density at radius 2 is 1.10 bits per heavy atom. The molecule has 0 saturated heterocycles. The molecule has 1 aliphatic rings. The van der Waals surface area contributed by atoms with Crippen LogP contribution < -0.4 is 30.4 Å². The fourth-order valence-electron chi connectivity index (χ4n) is 7.34. The molecule has 9 aromatic rings. The van der Waals surface area contributed by atoms with Gasteiger partial charge in [0.15, 0.2) is 23.0 Å². The van der Waals surface area contributed by atoms with Crippen LogP contribution >= 0.6 is 0 Å². The van der Waals surface area contributed by atoms with Gasteiger partial charge in [0.25, 0.3) is 0 Å². The van der Waals surface area contributed by atoms with E-state index in [1.54, 1.807) is 0 Å². The van der Waals surface area contributed by atoms with Gasteiger partial charge in [0.1, 0.15) is 0 Å². The molecule has 0 bridgehead atoms. The average Bonchev–Trinajstić information content (AvgIpc) is 3.70. The fourth-order valence-corrected chi connectivity index (χ4v) is 12.0. The van der Waals surface area contributed by atoms with Crippen LogP contribution in [0, 0.1) is 0 Å². The van der Waals surface area contributed by atoms with Crippen LogP contribution in [0.1, 0.15) is 0 Å². The number of nitrogens with zero attached hydrogens (tertiary/aromatic N) is 5. The molecule has 0 amide bonds. The summed E-state index contributed by atoms with van der Waals surface area (Å²) in [4.78, 5) is 15.6. The number of imidazole rings is 2. The molecule has 10 rings (SSSR count). The number of aromatic nitrogens is 5. The van der Waals surface area contributed by atoms with Crippen molar-refractivity contribution in [3.63, 3.8) is 0 Å². The standard InChI is InChI=1S/C41H27N5O2Si/c1-3-14-28(15-4-1)49(29-16-5-2-6-17-29,37-25-13-24-36-39(37)48-35-23-12-11-22-34(35)47-36)38-26-27-42-40(44-38)46-33-21-10-9-20-32(33)45-31-19-8-7-18-30(31)43-41(45)46/h1-27H. The minimum absolute atomic E-state index is 0.551. The number of ether oxygens (including phenoxy) is 2. The molecule has 6 aromatic carbocycles. The number of para-hydroxylation sites is 7. The van der Waals surface area contributed by atoms with E-state index in [0.717, 1.165) is 48.7 Å². The van der Waals surface area contributed by atoms with Crippen LogP contribution in [0.2, 0.25) is 0 Å². The smallest absolute Gasteiger partial charge is 0.236 e. The number of rotatable bonds is 5. The van der Waals surface area contributed by atoms with Gasteiger partial charge < -0.3 is 9.47 Å². The molecule has 0 N–H and O–H groups in total. The summed E-state index contributed by atoms with van der Waals surface area (Å²) in [6.07, 6.45) is 1.88. The minimum atomic E-state index is -3.21. The van der Waals surface area contributed by atoms with Gasteiger partial charge in [-0.2, -0.15) is 0 Å². The third kappa shape index (κ3) is 4.04. The zero-order chi connectivity index (χ0) is 32.4. The second-order valence-corrected chi connectivity index (χ2v) is 15.8. The Hall–Kier alpha value is -6.51. The lowest BCUT2D eigenvalue weighted by Crippen LogP contribution is -2.75. The predicted octanol–water partition coefficient (Wildman–Crippen LogP) is 6.50. The summed E-state index contributed by atoms with van der Waals surface area (Å²) in [6.45, 7) is 0. The highest BCUT2D eigenvalue weighted by Gasteiger charge is 2.47. The van der Waals surface area contributed by atoms with E-state index in [1.165, 1.54) is 0 Å². The molecule has 0 radical (unpaired) electrons. The van der Waals surface area contributed by atoms with Crippen molar-refractivity contribution in [1.82, 2.24) is 23.9 Å². The van der Waals surface area contributed by atoms with Gasteiger partial charge in [0.2, 0.25) is 19.8 Å². The molecule has 0 saturated carbocycles. The molecular formula is C41H27N5O2Si. The highest BCUT2D eigenvalue weighted by Crippen LogP contribution is 2.44. The second kappa shape index (κ2) is 10.8. The molecule has 0 fully saturated rings. The number of benzene rings is 6. The molecule has 4 heterocycles. The average molecular weight is 650 g/mol. The molecule has 1 aliphatic heterocycles. The van der Waals surface area contributed by atoms with Crippen molar-refractivity contribution < 1.29 is 9.47 Å². The van der Waals surface area contributed by atoms with Crippen LogP contribution in [0.15, 0.2) is 164 Å². The van der Waals surface area contributed by atoms with Gasteiger partial charge in [-0.15, -0.1) is 0 Å². The van der Waals surface area contributed by atoms with Gasteiger partial charge in [-0.1, -0.05) is 109 Å². The van der Waals surface area contributed by atoms with Gasteiger partial charge in [0, 0.05) is 16.7 Å². The first-order chi connectivity index (χ1) is 24.3. The summed E-state index contributed by atoms with van der Waals surface area (Å²) in [5.41, 5.74) is 3.97. The SMILES string of the molecule is c1ccc([Si](c2ccccc2)(c2ccnc(-n3c4ccccc4n4c5ccccc5nc34)n2)c2cccc3c2Oc2ccccc2O3)cc1. The first-order valence-electron chi connectivity index (χ1n) is 16.2. The molecule has 49 heavy (non-hydrogen) atoms. The maximum atomic E-state index is 6.78. The van der Waals surface area contributed by atoms with Crippen molar-refractivity contribution in [3.05, 3.63) is 164 Å². The van der Waals surface area contributed by atoms with Crippen LogP contribution in [0.3, 0.4) is 0 Å². The van der Waals surface area contributed by atoms with E-state index < -0.39 is 8.07 Å². The largest absolute Gasteiger partial charge is 0.450 e. The van der Waals surface area contributed by atoms with Gasteiger partial charge in [-0.05, 0) is 58.9 Å². The van der Waals surface area contributed by atoms with Crippen molar-refractivity contribution in [2.24, 2.45) is 0 Å². The summed E-state index contributed by atoms with van der Waals surface area (Å²) < 4.78 is 17.5. The molecule has 0 aliphatic carbocycles. The predicted molar refractivity (Wildman–Crippen MR) is 195 cm³/mol. The second-order valence-electron chi connectivity index (χ2n) is 12.1. The topological polar surface area (TPSA) is 66.5 Å². The lowest BCUT2D eigenvalue weighted by Gasteiger charge is -2.35. The van der Waals surface area contributed by atoms with Gasteiger partial charge in [-0.25, -0.2) is 19.5 Å². The van der Waals surface area contributed by atoms with Crippen molar-refractivity contribution in [3.8, 4) is 28.9 Å². The van der Waals surface area contributed by atoms with Crippen LogP contribution in [-0.4, -0.2) is 32.0 Å². The Morgan fingerprint density at radius 1 is 0.490 bits per heavy atom. The zero-order valence-corrected chi connectivity index (χ0v) is 27.1. The van der Waals surface area contributed by atoms with E-state index >= 15 is 0 Å². The molecule has 3 aromatic heterocycles. The fraction of sp³-hybridized carbons (Fsp3) is 0. The number of fused-ring (bicyclic) bond motifs is 7. The lowest BCUT2D eigenvalue weighted by atomic mass is 10.2. The summed E-state index contributed by atoms with van der Waals surface area (Å²) in [6, 6.07) is 54.0. The van der Waals surface area contributed by atoms with E-state index in [1.807, 2.05) is 60.8 Å². The summed E-state index contributed by atoms with van der Waals surface area (Å²) >= 11 is 0. The van der Waals surface area contributed by atoms with Crippen molar-refractivity contribution in [2.45, 2.75) is 0 Å². The maximum Gasteiger partial charge on any atom is 0.236 e. The van der Waals surface area contributed by atoms with Gasteiger partial charge >= 0.3 is 0 Å². The molecule has 0 spiro atoms. The maximum absolute atomic E-state index is 6.78.